The molecule has 0 atom stereocenters. The van der Waals surface area contributed by atoms with E-state index in [4.69, 9.17) is 0 Å². The molecule has 0 spiro atoms. The van der Waals surface area contributed by atoms with Crippen LogP contribution in [0.15, 0.2) is 18.5 Å². The molecule has 2 aromatic rings. The lowest BCUT2D eigenvalue weighted by atomic mass is 9.89. The fraction of sp³-hybridized carbons (Fsp3) is 0.467. The van der Waals surface area contributed by atoms with Crippen LogP contribution in [0.2, 0.25) is 0 Å². The Balaban J connectivity index is 1.92. The number of aromatic amines is 1. The number of nitrogens with zero attached hydrogens (tertiary/aromatic N) is 2. The highest BCUT2D eigenvalue weighted by atomic mass is 16.1. The zero-order chi connectivity index (χ0) is 14.1. The third-order valence-electron chi connectivity index (χ3n) is 4.06. The van der Waals surface area contributed by atoms with Crippen LogP contribution in [-0.2, 0) is 4.79 Å². The van der Waals surface area contributed by atoms with Crippen LogP contribution >= 0.6 is 0 Å². The van der Waals surface area contributed by atoms with Crippen molar-refractivity contribution in [3.63, 3.8) is 0 Å². The lowest BCUT2D eigenvalue weighted by Crippen LogP contribution is -2.29. The van der Waals surface area contributed by atoms with Gasteiger partial charge >= 0.3 is 0 Å². The summed E-state index contributed by atoms with van der Waals surface area (Å²) in [5.74, 6) is 1.12. The summed E-state index contributed by atoms with van der Waals surface area (Å²) >= 11 is 0. The van der Waals surface area contributed by atoms with Gasteiger partial charge in [-0.05, 0) is 50.5 Å². The summed E-state index contributed by atoms with van der Waals surface area (Å²) in [5.41, 5.74) is 2.38. The van der Waals surface area contributed by atoms with Crippen LogP contribution in [0.1, 0.15) is 31.2 Å². The molecule has 0 aliphatic carbocycles. The van der Waals surface area contributed by atoms with Gasteiger partial charge in [0.15, 0.2) is 0 Å². The summed E-state index contributed by atoms with van der Waals surface area (Å²) in [6.45, 7) is 3.78. The third-order valence-corrected chi connectivity index (χ3v) is 4.06. The maximum atomic E-state index is 11.1. The van der Waals surface area contributed by atoms with Crippen LogP contribution < -0.4 is 5.32 Å². The Morgan fingerprint density at radius 1 is 1.45 bits per heavy atom. The number of carbonyl (C=O) groups excluding carboxylic acids is 1. The Morgan fingerprint density at radius 2 is 2.20 bits per heavy atom. The largest absolute Gasteiger partial charge is 0.360 e. The fourth-order valence-electron chi connectivity index (χ4n) is 2.95. The van der Waals surface area contributed by atoms with Crippen molar-refractivity contribution in [2.24, 2.45) is 0 Å². The van der Waals surface area contributed by atoms with E-state index in [0.29, 0.717) is 11.7 Å². The molecule has 1 amide bonds. The molecule has 0 saturated carbocycles. The maximum absolute atomic E-state index is 11.1. The highest BCUT2D eigenvalue weighted by Crippen LogP contribution is 2.33. The Morgan fingerprint density at radius 3 is 2.90 bits per heavy atom. The first kappa shape index (κ1) is 13.1. The van der Waals surface area contributed by atoms with E-state index in [1.54, 1.807) is 6.20 Å². The van der Waals surface area contributed by atoms with E-state index in [9.17, 15) is 4.79 Å². The normalized spacial score (nSPS) is 17.5. The van der Waals surface area contributed by atoms with E-state index in [0.717, 1.165) is 18.6 Å². The van der Waals surface area contributed by atoms with Gasteiger partial charge in [-0.3, -0.25) is 4.79 Å². The van der Waals surface area contributed by atoms with Gasteiger partial charge in [0.25, 0.3) is 0 Å². The van der Waals surface area contributed by atoms with Crippen molar-refractivity contribution in [3.8, 4) is 0 Å². The predicted molar refractivity (Wildman–Crippen MR) is 79.9 cm³/mol. The predicted octanol–water partition coefficient (Wildman–Crippen LogP) is 2.33. The van der Waals surface area contributed by atoms with Gasteiger partial charge in [0.2, 0.25) is 5.91 Å². The van der Waals surface area contributed by atoms with Crippen molar-refractivity contribution < 1.29 is 4.79 Å². The summed E-state index contributed by atoms with van der Waals surface area (Å²) < 4.78 is 0. The molecule has 2 N–H and O–H groups in total. The molecule has 0 bridgehead atoms. The monoisotopic (exact) mass is 272 g/mol. The quantitative estimate of drug-likeness (QED) is 0.882. The summed E-state index contributed by atoms with van der Waals surface area (Å²) in [6.07, 6.45) is 6.25. The van der Waals surface area contributed by atoms with Gasteiger partial charge in [-0.25, -0.2) is 4.98 Å². The number of carbonyl (C=O) groups is 1. The molecular weight excluding hydrogens is 252 g/mol. The highest BCUT2D eigenvalue weighted by Gasteiger charge is 2.21. The molecule has 1 aliphatic heterocycles. The first-order valence-electron chi connectivity index (χ1n) is 7.06. The first-order valence-corrected chi connectivity index (χ1v) is 7.06. The van der Waals surface area contributed by atoms with Crippen LogP contribution in [0.5, 0.6) is 0 Å². The molecule has 3 heterocycles. The Kier molecular flexibility index (Phi) is 3.44. The van der Waals surface area contributed by atoms with Gasteiger partial charge in [0.05, 0.1) is 11.7 Å². The minimum atomic E-state index is -0.0896. The van der Waals surface area contributed by atoms with E-state index in [1.165, 1.54) is 30.7 Å². The molecule has 20 heavy (non-hydrogen) atoms. The molecule has 1 fully saturated rings. The lowest BCUT2D eigenvalue weighted by molar-refractivity contribution is -0.114. The lowest BCUT2D eigenvalue weighted by Gasteiger charge is -2.28. The second-order valence-corrected chi connectivity index (χ2v) is 5.62. The number of amides is 1. The van der Waals surface area contributed by atoms with E-state index in [2.05, 4.69) is 33.4 Å². The molecule has 3 rings (SSSR count). The number of H-pyrrole nitrogens is 1. The van der Waals surface area contributed by atoms with Crippen LogP contribution in [0.25, 0.3) is 10.9 Å². The van der Waals surface area contributed by atoms with E-state index >= 15 is 0 Å². The number of piperidine rings is 1. The van der Waals surface area contributed by atoms with Gasteiger partial charge < -0.3 is 15.2 Å². The number of rotatable bonds is 2. The van der Waals surface area contributed by atoms with Crippen molar-refractivity contribution in [2.75, 3.05) is 25.5 Å². The number of pyridine rings is 1. The summed E-state index contributed by atoms with van der Waals surface area (Å²) in [4.78, 5) is 21.1. The summed E-state index contributed by atoms with van der Waals surface area (Å²) in [5, 5.41) is 3.93. The van der Waals surface area contributed by atoms with E-state index < -0.39 is 0 Å². The van der Waals surface area contributed by atoms with Crippen molar-refractivity contribution in [2.45, 2.75) is 25.7 Å². The van der Waals surface area contributed by atoms with Gasteiger partial charge in [-0.2, -0.15) is 0 Å². The number of hydrogen-bond acceptors (Lipinski definition) is 3. The van der Waals surface area contributed by atoms with Gasteiger partial charge in [0, 0.05) is 18.5 Å². The number of anilines is 1. The van der Waals surface area contributed by atoms with Crippen molar-refractivity contribution >= 4 is 22.6 Å². The molecule has 1 saturated heterocycles. The van der Waals surface area contributed by atoms with Crippen LogP contribution in [0.3, 0.4) is 0 Å². The zero-order valence-corrected chi connectivity index (χ0v) is 11.9. The molecule has 0 unspecified atom stereocenters. The van der Waals surface area contributed by atoms with Gasteiger partial charge in [-0.1, -0.05) is 0 Å². The first-order chi connectivity index (χ1) is 9.63. The molecule has 106 valence electrons. The molecular formula is C15H20N4O. The number of likely N-dealkylation sites (tertiary alicyclic amines) is 1. The van der Waals surface area contributed by atoms with Crippen molar-refractivity contribution in [3.05, 3.63) is 24.0 Å². The second-order valence-electron chi connectivity index (χ2n) is 5.62. The molecule has 0 radical (unpaired) electrons. The molecule has 5 nitrogen and oxygen atoms in total. The standard InChI is InChI=1S/C15H20N4O/c1-10(20)18-15-7-12-13(8-16-14(12)9-17-15)11-3-5-19(2)6-4-11/h7-9,11,16H,3-6H2,1-2H3,(H,17,18,20). The topological polar surface area (TPSA) is 61.0 Å². The smallest absolute Gasteiger partial charge is 0.222 e. The van der Waals surface area contributed by atoms with Crippen molar-refractivity contribution in [1.29, 1.82) is 0 Å². The minimum Gasteiger partial charge on any atom is -0.360 e. The number of fused-ring (bicyclic) bond motifs is 1. The summed E-state index contributed by atoms with van der Waals surface area (Å²) in [7, 11) is 2.17. The Labute approximate surface area is 118 Å². The molecule has 2 aromatic heterocycles. The molecule has 5 heteroatoms. The molecule has 0 aromatic carbocycles. The van der Waals surface area contributed by atoms with Crippen LogP contribution in [0, 0.1) is 0 Å². The average molecular weight is 272 g/mol. The van der Waals surface area contributed by atoms with Crippen LogP contribution in [-0.4, -0.2) is 40.9 Å². The summed E-state index contributed by atoms with van der Waals surface area (Å²) in [6, 6.07) is 1.97. The fourth-order valence-corrected chi connectivity index (χ4v) is 2.95. The van der Waals surface area contributed by atoms with Gasteiger partial charge in [-0.15, -0.1) is 0 Å². The van der Waals surface area contributed by atoms with Crippen LogP contribution in [0.4, 0.5) is 5.82 Å². The Bertz CT molecular complexity index is 626. The number of aromatic nitrogens is 2. The SMILES string of the molecule is CC(=O)Nc1cc2c(C3CCN(C)CC3)c[nH]c2cn1. The highest BCUT2D eigenvalue weighted by molar-refractivity contribution is 5.91. The average Bonchev–Trinajstić information content (AvgIpc) is 2.82. The third kappa shape index (κ3) is 2.54. The molecule has 1 aliphatic rings. The van der Waals surface area contributed by atoms with Gasteiger partial charge in [0.1, 0.15) is 5.82 Å². The number of nitrogens with one attached hydrogen (secondary N) is 2. The van der Waals surface area contributed by atoms with E-state index in [-0.39, 0.29) is 5.91 Å². The Hall–Kier alpha value is -1.88. The maximum Gasteiger partial charge on any atom is 0.222 e. The van der Waals surface area contributed by atoms with Crippen molar-refractivity contribution in [1.82, 2.24) is 14.9 Å². The van der Waals surface area contributed by atoms with E-state index in [1.807, 2.05) is 6.07 Å². The zero-order valence-electron chi connectivity index (χ0n) is 11.9. The second kappa shape index (κ2) is 5.25. The number of hydrogen-bond donors (Lipinski definition) is 2. The minimum absolute atomic E-state index is 0.0896.